The molecule has 1 aromatic rings. The summed E-state index contributed by atoms with van der Waals surface area (Å²) in [7, 11) is 0. The van der Waals surface area contributed by atoms with Gasteiger partial charge in [-0.15, -0.1) is 0 Å². The van der Waals surface area contributed by atoms with Gasteiger partial charge in [-0.25, -0.2) is 8.78 Å². The normalized spacial score (nSPS) is 36.2. The van der Waals surface area contributed by atoms with Crippen molar-refractivity contribution in [2.45, 2.75) is 24.8 Å². The van der Waals surface area contributed by atoms with Crippen LogP contribution >= 0.6 is 15.9 Å². The van der Waals surface area contributed by atoms with Crippen molar-refractivity contribution in [3.05, 3.63) is 33.8 Å². The highest BCUT2D eigenvalue weighted by atomic mass is 79.9. The van der Waals surface area contributed by atoms with E-state index in [-0.39, 0.29) is 4.47 Å². The lowest BCUT2D eigenvalue weighted by atomic mass is 9.97. The second-order valence-corrected chi connectivity index (χ2v) is 5.59. The largest absolute Gasteiger partial charge is 0.321 e. The summed E-state index contributed by atoms with van der Waals surface area (Å²) in [6, 6.07) is 2.78. The highest BCUT2D eigenvalue weighted by Crippen LogP contribution is 2.65. The zero-order chi connectivity index (χ0) is 11.5. The number of benzene rings is 1. The second-order valence-electron chi connectivity index (χ2n) is 4.80. The van der Waals surface area contributed by atoms with Gasteiger partial charge in [0.25, 0.3) is 0 Å². The molecule has 0 amide bonds. The number of hydrogen-bond donors (Lipinski definition) is 1. The van der Waals surface area contributed by atoms with Crippen molar-refractivity contribution in [2.24, 2.45) is 17.6 Å². The fourth-order valence-electron chi connectivity index (χ4n) is 3.26. The molecule has 16 heavy (non-hydrogen) atoms. The molecule has 0 aromatic heterocycles. The van der Waals surface area contributed by atoms with Crippen molar-refractivity contribution in [2.75, 3.05) is 0 Å². The van der Waals surface area contributed by atoms with Crippen LogP contribution in [0.15, 0.2) is 16.6 Å². The Hall–Kier alpha value is -0.480. The van der Waals surface area contributed by atoms with E-state index in [0.717, 1.165) is 24.5 Å². The number of rotatable bonds is 1. The van der Waals surface area contributed by atoms with Crippen molar-refractivity contribution >= 4 is 15.9 Å². The summed E-state index contributed by atoms with van der Waals surface area (Å²) in [5.74, 6) is -0.750. The fourth-order valence-corrected chi connectivity index (χ4v) is 3.93. The second kappa shape index (κ2) is 3.26. The lowest BCUT2D eigenvalue weighted by molar-refractivity contribution is 0.485. The first-order chi connectivity index (χ1) is 7.56. The van der Waals surface area contributed by atoms with Crippen LogP contribution in [0.1, 0.15) is 24.8 Å². The van der Waals surface area contributed by atoms with Crippen LogP contribution in [-0.2, 0) is 5.54 Å². The Bertz CT molecular complexity index is 451. The highest BCUT2D eigenvalue weighted by molar-refractivity contribution is 9.10. The molecule has 2 saturated carbocycles. The van der Waals surface area contributed by atoms with Gasteiger partial charge in [0.1, 0.15) is 0 Å². The van der Waals surface area contributed by atoms with E-state index >= 15 is 0 Å². The number of fused-ring (bicyclic) bond motifs is 1. The van der Waals surface area contributed by atoms with Gasteiger partial charge in [-0.3, -0.25) is 0 Å². The minimum atomic E-state index is -0.829. The maximum Gasteiger partial charge on any atom is 0.173 e. The van der Waals surface area contributed by atoms with E-state index in [0.29, 0.717) is 11.8 Å². The molecule has 0 bridgehead atoms. The quantitative estimate of drug-likeness (QED) is 0.788. The van der Waals surface area contributed by atoms with Crippen LogP contribution in [0.25, 0.3) is 0 Å². The summed E-state index contributed by atoms with van der Waals surface area (Å²) in [6.45, 7) is 0. The Morgan fingerprint density at radius 1 is 1.25 bits per heavy atom. The molecule has 86 valence electrons. The Morgan fingerprint density at radius 2 is 1.88 bits per heavy atom. The van der Waals surface area contributed by atoms with E-state index in [9.17, 15) is 8.78 Å². The van der Waals surface area contributed by atoms with Gasteiger partial charge in [-0.05, 0) is 52.2 Å². The third kappa shape index (κ3) is 1.17. The van der Waals surface area contributed by atoms with Gasteiger partial charge in [0.15, 0.2) is 11.6 Å². The van der Waals surface area contributed by atoms with Gasteiger partial charge < -0.3 is 5.73 Å². The predicted octanol–water partition coefficient (Wildman–Crippen LogP) is 3.31. The molecule has 3 rings (SSSR count). The van der Waals surface area contributed by atoms with Gasteiger partial charge in [0.05, 0.1) is 4.47 Å². The first kappa shape index (κ1) is 10.7. The topological polar surface area (TPSA) is 26.0 Å². The molecule has 2 unspecified atom stereocenters. The van der Waals surface area contributed by atoms with Crippen molar-refractivity contribution in [1.29, 1.82) is 0 Å². The SMILES string of the molecule is NC1(c2ccc(F)c(F)c2Br)C2CCCC21. The maximum absolute atomic E-state index is 13.4. The van der Waals surface area contributed by atoms with Crippen LogP contribution in [0.5, 0.6) is 0 Å². The smallest absolute Gasteiger partial charge is 0.173 e. The van der Waals surface area contributed by atoms with E-state index < -0.39 is 17.2 Å². The molecule has 1 nitrogen and oxygen atoms in total. The summed E-state index contributed by atoms with van der Waals surface area (Å²) < 4.78 is 26.7. The number of nitrogens with two attached hydrogens (primary N) is 1. The average molecular weight is 288 g/mol. The van der Waals surface area contributed by atoms with Crippen molar-refractivity contribution in [1.82, 2.24) is 0 Å². The van der Waals surface area contributed by atoms with Crippen molar-refractivity contribution in [3.8, 4) is 0 Å². The molecule has 2 N–H and O–H groups in total. The molecule has 0 saturated heterocycles. The predicted molar refractivity (Wildman–Crippen MR) is 60.8 cm³/mol. The molecule has 2 atom stereocenters. The van der Waals surface area contributed by atoms with E-state index in [1.54, 1.807) is 6.07 Å². The van der Waals surface area contributed by atoms with Crippen LogP contribution < -0.4 is 5.73 Å². The summed E-state index contributed by atoms with van der Waals surface area (Å²) in [5.41, 5.74) is 6.62. The van der Waals surface area contributed by atoms with Crippen LogP contribution in [0.4, 0.5) is 8.78 Å². The summed E-state index contributed by atoms with van der Waals surface area (Å²) >= 11 is 3.12. The van der Waals surface area contributed by atoms with Crippen LogP contribution in [0.2, 0.25) is 0 Å². The van der Waals surface area contributed by atoms with Crippen LogP contribution in [0, 0.1) is 23.5 Å². The van der Waals surface area contributed by atoms with Crippen molar-refractivity contribution < 1.29 is 8.78 Å². The lowest BCUT2D eigenvalue weighted by Crippen LogP contribution is -2.26. The summed E-state index contributed by atoms with van der Waals surface area (Å²) in [5, 5.41) is 0. The van der Waals surface area contributed by atoms with E-state index in [1.165, 1.54) is 6.42 Å². The molecule has 0 radical (unpaired) electrons. The molecule has 0 aliphatic heterocycles. The Morgan fingerprint density at radius 3 is 2.50 bits per heavy atom. The first-order valence-corrected chi connectivity index (χ1v) is 6.29. The van der Waals surface area contributed by atoms with Gasteiger partial charge in [0.2, 0.25) is 0 Å². The van der Waals surface area contributed by atoms with Gasteiger partial charge in [0, 0.05) is 5.54 Å². The molecular weight excluding hydrogens is 276 g/mol. The number of hydrogen-bond acceptors (Lipinski definition) is 1. The van der Waals surface area contributed by atoms with Gasteiger partial charge in [-0.1, -0.05) is 12.5 Å². The molecule has 2 aliphatic rings. The Kier molecular flexibility index (Phi) is 2.17. The Labute approximate surface area is 101 Å². The van der Waals surface area contributed by atoms with Crippen LogP contribution in [0.3, 0.4) is 0 Å². The molecule has 1 aromatic carbocycles. The molecule has 2 aliphatic carbocycles. The van der Waals surface area contributed by atoms with Crippen LogP contribution in [-0.4, -0.2) is 0 Å². The lowest BCUT2D eigenvalue weighted by Gasteiger charge is -2.18. The zero-order valence-electron chi connectivity index (χ0n) is 8.64. The van der Waals surface area contributed by atoms with Crippen molar-refractivity contribution in [3.63, 3.8) is 0 Å². The van der Waals surface area contributed by atoms with E-state index in [4.69, 9.17) is 5.73 Å². The zero-order valence-corrected chi connectivity index (χ0v) is 10.2. The van der Waals surface area contributed by atoms with E-state index in [1.807, 2.05) is 0 Å². The third-order valence-electron chi connectivity index (χ3n) is 4.14. The monoisotopic (exact) mass is 287 g/mol. The Balaban J connectivity index is 2.06. The molecule has 4 heteroatoms. The molecular formula is C12H12BrF2N. The minimum Gasteiger partial charge on any atom is -0.321 e. The molecule has 0 heterocycles. The summed E-state index contributed by atoms with van der Waals surface area (Å²) in [6.07, 6.45) is 3.41. The standard InChI is InChI=1S/C12H12BrF2N/c13-10-8(4-5-9(14)11(10)15)12(16)6-2-1-3-7(6)12/h4-7H,1-3,16H2. The molecule has 2 fully saturated rings. The number of halogens is 3. The average Bonchev–Trinajstić information content (AvgIpc) is 2.69. The van der Waals surface area contributed by atoms with Gasteiger partial charge >= 0.3 is 0 Å². The first-order valence-electron chi connectivity index (χ1n) is 5.49. The highest BCUT2D eigenvalue weighted by Gasteiger charge is 2.65. The minimum absolute atomic E-state index is 0.199. The third-order valence-corrected chi connectivity index (χ3v) is 4.91. The molecule has 0 spiro atoms. The van der Waals surface area contributed by atoms with E-state index in [2.05, 4.69) is 15.9 Å². The van der Waals surface area contributed by atoms with Gasteiger partial charge in [-0.2, -0.15) is 0 Å². The fraction of sp³-hybridized carbons (Fsp3) is 0.500. The maximum atomic E-state index is 13.4. The summed E-state index contributed by atoms with van der Waals surface area (Å²) in [4.78, 5) is 0.